The number of rotatable bonds is 2. The van der Waals surface area contributed by atoms with Crippen molar-refractivity contribution in [3.05, 3.63) is 29.1 Å². The summed E-state index contributed by atoms with van der Waals surface area (Å²) in [7, 11) is 0. The number of phenolic OH excluding ortho intramolecular Hbond substituents is 1. The zero-order chi connectivity index (χ0) is 13.4. The lowest BCUT2D eigenvalue weighted by Crippen LogP contribution is -2.28. The standard InChI is InChI=1S/C17H23FO/c1-2-3-11-4-7-14-12(8-11)5-6-13-9-17(19)16(18)10-15(13)14/h9-12,14,19H,2-8H2,1H3. The molecule has 2 aliphatic rings. The van der Waals surface area contributed by atoms with Crippen LogP contribution in [0.15, 0.2) is 12.1 Å². The second-order valence-corrected chi connectivity index (χ2v) is 6.38. The molecule has 19 heavy (non-hydrogen) atoms. The van der Waals surface area contributed by atoms with Crippen LogP contribution in [0.4, 0.5) is 4.39 Å². The molecule has 3 atom stereocenters. The molecule has 0 saturated heterocycles. The Morgan fingerprint density at radius 3 is 2.89 bits per heavy atom. The van der Waals surface area contributed by atoms with Crippen LogP contribution in [0, 0.1) is 17.7 Å². The second-order valence-electron chi connectivity index (χ2n) is 6.38. The molecule has 2 heteroatoms. The van der Waals surface area contributed by atoms with Gasteiger partial charge in [0.2, 0.25) is 0 Å². The monoisotopic (exact) mass is 262 g/mol. The summed E-state index contributed by atoms with van der Waals surface area (Å²) in [4.78, 5) is 0. The van der Waals surface area contributed by atoms with Crippen molar-refractivity contribution in [2.45, 2.75) is 57.8 Å². The first-order chi connectivity index (χ1) is 9.19. The lowest BCUT2D eigenvalue weighted by molar-refractivity contribution is 0.200. The van der Waals surface area contributed by atoms with E-state index in [9.17, 15) is 9.50 Å². The maximum atomic E-state index is 13.6. The third-order valence-electron chi connectivity index (χ3n) is 5.18. The molecule has 1 aromatic carbocycles. The Balaban J connectivity index is 1.84. The van der Waals surface area contributed by atoms with E-state index in [0.29, 0.717) is 5.92 Å². The molecule has 0 aliphatic heterocycles. The van der Waals surface area contributed by atoms with Crippen molar-refractivity contribution in [1.29, 1.82) is 0 Å². The molecule has 0 spiro atoms. The first-order valence-corrected chi connectivity index (χ1v) is 7.70. The number of aromatic hydroxyl groups is 1. The van der Waals surface area contributed by atoms with Crippen LogP contribution in [0.5, 0.6) is 5.75 Å². The molecule has 1 nitrogen and oxygen atoms in total. The van der Waals surface area contributed by atoms with Crippen LogP contribution in [0.1, 0.15) is 62.5 Å². The Morgan fingerprint density at radius 1 is 1.26 bits per heavy atom. The number of hydrogen-bond acceptors (Lipinski definition) is 1. The first kappa shape index (κ1) is 13.0. The molecule has 0 amide bonds. The van der Waals surface area contributed by atoms with E-state index in [-0.39, 0.29) is 5.75 Å². The maximum Gasteiger partial charge on any atom is 0.165 e. The molecule has 104 valence electrons. The number of benzene rings is 1. The summed E-state index contributed by atoms with van der Waals surface area (Å²) in [5.74, 6) is 1.52. The number of halogens is 1. The first-order valence-electron chi connectivity index (χ1n) is 7.70. The Hall–Kier alpha value is -1.05. The Bertz CT molecular complexity index is 469. The average molecular weight is 262 g/mol. The molecule has 3 unspecified atom stereocenters. The predicted molar refractivity (Wildman–Crippen MR) is 74.9 cm³/mol. The van der Waals surface area contributed by atoms with E-state index in [4.69, 9.17) is 0 Å². The van der Waals surface area contributed by atoms with Gasteiger partial charge in [0.05, 0.1) is 0 Å². The fraction of sp³-hybridized carbons (Fsp3) is 0.647. The molecule has 1 N–H and O–H groups in total. The molecular weight excluding hydrogens is 239 g/mol. The van der Waals surface area contributed by atoms with Crippen LogP contribution >= 0.6 is 0 Å². The maximum absolute atomic E-state index is 13.6. The number of phenols is 1. The molecule has 0 aromatic heterocycles. The largest absolute Gasteiger partial charge is 0.505 e. The topological polar surface area (TPSA) is 20.2 Å². The fourth-order valence-electron chi connectivity index (χ4n) is 4.28. The van der Waals surface area contributed by atoms with E-state index in [1.807, 2.05) is 0 Å². The highest BCUT2D eigenvalue weighted by molar-refractivity contribution is 5.40. The number of hydrogen-bond donors (Lipinski definition) is 1. The summed E-state index contributed by atoms with van der Waals surface area (Å²) >= 11 is 0. The van der Waals surface area contributed by atoms with E-state index in [1.54, 1.807) is 12.1 Å². The van der Waals surface area contributed by atoms with Gasteiger partial charge in [0.25, 0.3) is 0 Å². The van der Waals surface area contributed by atoms with Crippen LogP contribution in [-0.2, 0) is 6.42 Å². The third kappa shape index (κ3) is 2.37. The second kappa shape index (κ2) is 5.15. The van der Waals surface area contributed by atoms with Crippen LogP contribution < -0.4 is 0 Å². The highest BCUT2D eigenvalue weighted by atomic mass is 19.1. The normalized spacial score (nSPS) is 29.7. The molecule has 0 heterocycles. The van der Waals surface area contributed by atoms with Crippen LogP contribution in [0.2, 0.25) is 0 Å². The van der Waals surface area contributed by atoms with Crippen molar-refractivity contribution < 1.29 is 9.50 Å². The quantitative estimate of drug-likeness (QED) is 0.813. The van der Waals surface area contributed by atoms with Crippen molar-refractivity contribution in [3.8, 4) is 5.75 Å². The van der Waals surface area contributed by atoms with Gasteiger partial charge in [-0.2, -0.15) is 0 Å². The van der Waals surface area contributed by atoms with E-state index in [1.165, 1.54) is 49.7 Å². The minimum Gasteiger partial charge on any atom is -0.505 e. The Morgan fingerprint density at radius 2 is 2.11 bits per heavy atom. The minimum absolute atomic E-state index is 0.183. The molecule has 0 bridgehead atoms. The third-order valence-corrected chi connectivity index (χ3v) is 5.18. The summed E-state index contributed by atoms with van der Waals surface area (Å²) in [6, 6.07) is 3.25. The summed E-state index contributed by atoms with van der Waals surface area (Å²) in [5.41, 5.74) is 2.36. The Labute approximate surface area is 114 Å². The van der Waals surface area contributed by atoms with Gasteiger partial charge >= 0.3 is 0 Å². The summed E-state index contributed by atoms with van der Waals surface area (Å²) in [6.07, 6.45) is 8.65. The fourth-order valence-corrected chi connectivity index (χ4v) is 4.28. The van der Waals surface area contributed by atoms with Gasteiger partial charge in [-0.25, -0.2) is 4.39 Å². The zero-order valence-corrected chi connectivity index (χ0v) is 11.7. The van der Waals surface area contributed by atoms with Gasteiger partial charge in [0, 0.05) is 0 Å². The zero-order valence-electron chi connectivity index (χ0n) is 11.7. The SMILES string of the molecule is CCCC1CCC2c3cc(F)c(O)cc3CCC2C1. The highest BCUT2D eigenvalue weighted by Gasteiger charge is 2.35. The minimum atomic E-state index is -0.449. The van der Waals surface area contributed by atoms with Gasteiger partial charge < -0.3 is 5.11 Å². The molecule has 1 saturated carbocycles. The van der Waals surface area contributed by atoms with Crippen molar-refractivity contribution >= 4 is 0 Å². The summed E-state index contributed by atoms with van der Waals surface area (Å²) in [5, 5.41) is 9.51. The lowest BCUT2D eigenvalue weighted by Gasteiger charge is -2.40. The van der Waals surface area contributed by atoms with Crippen LogP contribution in [0.25, 0.3) is 0 Å². The predicted octanol–water partition coefficient (Wildman–Crippen LogP) is 4.78. The van der Waals surface area contributed by atoms with Crippen LogP contribution in [0.3, 0.4) is 0 Å². The average Bonchev–Trinajstić information content (AvgIpc) is 2.40. The van der Waals surface area contributed by atoms with Crippen LogP contribution in [-0.4, -0.2) is 5.11 Å². The van der Waals surface area contributed by atoms with Crippen molar-refractivity contribution in [1.82, 2.24) is 0 Å². The van der Waals surface area contributed by atoms with Crippen molar-refractivity contribution in [2.75, 3.05) is 0 Å². The van der Waals surface area contributed by atoms with E-state index < -0.39 is 5.82 Å². The van der Waals surface area contributed by atoms with Gasteiger partial charge in [-0.3, -0.25) is 0 Å². The van der Waals surface area contributed by atoms with E-state index >= 15 is 0 Å². The van der Waals surface area contributed by atoms with Gasteiger partial charge in [0.1, 0.15) is 0 Å². The number of aryl methyl sites for hydroxylation is 1. The van der Waals surface area contributed by atoms with E-state index in [2.05, 4.69) is 6.92 Å². The molecule has 2 aliphatic carbocycles. The molecule has 1 aromatic rings. The van der Waals surface area contributed by atoms with E-state index in [0.717, 1.165) is 18.3 Å². The van der Waals surface area contributed by atoms with Gasteiger partial charge in [-0.1, -0.05) is 19.8 Å². The van der Waals surface area contributed by atoms with Crippen molar-refractivity contribution in [3.63, 3.8) is 0 Å². The van der Waals surface area contributed by atoms with Crippen molar-refractivity contribution in [2.24, 2.45) is 11.8 Å². The Kier molecular flexibility index (Phi) is 3.51. The smallest absolute Gasteiger partial charge is 0.165 e. The lowest BCUT2D eigenvalue weighted by atomic mass is 9.64. The van der Waals surface area contributed by atoms with Gasteiger partial charge in [-0.15, -0.1) is 0 Å². The molecule has 1 fully saturated rings. The summed E-state index contributed by atoms with van der Waals surface area (Å²) < 4.78 is 13.6. The highest BCUT2D eigenvalue weighted by Crippen LogP contribution is 2.48. The number of fused-ring (bicyclic) bond motifs is 3. The van der Waals surface area contributed by atoms with Gasteiger partial charge in [0.15, 0.2) is 11.6 Å². The molecular formula is C17H23FO. The van der Waals surface area contributed by atoms with Gasteiger partial charge in [-0.05, 0) is 73.1 Å². The molecule has 0 radical (unpaired) electrons. The molecule has 3 rings (SSSR count). The summed E-state index contributed by atoms with van der Waals surface area (Å²) in [6.45, 7) is 2.26.